The number of hydrogen-bond donors (Lipinski definition) is 0. The Morgan fingerprint density at radius 3 is 2.29 bits per heavy atom. The first-order chi connectivity index (χ1) is 11.3. The molecular weight excluding hydrogens is 385 g/mol. The smallest absolute Gasteiger partial charge is 0.336 e. The van der Waals surface area contributed by atoms with Crippen LogP contribution in [0.4, 0.5) is 13.2 Å². The highest BCUT2D eigenvalue weighted by Crippen LogP contribution is 2.27. The van der Waals surface area contributed by atoms with Crippen molar-refractivity contribution in [3.63, 3.8) is 0 Å². The summed E-state index contributed by atoms with van der Waals surface area (Å²) in [5.41, 5.74) is 0.582. The van der Waals surface area contributed by atoms with Crippen LogP contribution in [0, 0.1) is 0 Å². The van der Waals surface area contributed by atoms with Gasteiger partial charge in [-0.2, -0.15) is 13.2 Å². The molecule has 24 heavy (non-hydrogen) atoms. The molecule has 1 aliphatic heterocycles. The number of halogens is 4. The Balaban J connectivity index is 1.76. The van der Waals surface area contributed by atoms with E-state index < -0.39 is 12.7 Å². The van der Waals surface area contributed by atoms with E-state index in [4.69, 9.17) is 0 Å². The fraction of sp³-hybridized carbons (Fsp3) is 0.353. The normalized spacial score (nSPS) is 16.6. The molecule has 128 valence electrons. The second-order valence-corrected chi connectivity index (χ2v) is 6.68. The Hall–Kier alpha value is -1.60. The van der Waals surface area contributed by atoms with Gasteiger partial charge >= 0.3 is 6.18 Å². The molecule has 7 heteroatoms. The van der Waals surface area contributed by atoms with E-state index >= 15 is 0 Å². The standard InChI is InChI=1S/C17H16BrF3N2O/c18-15-6-2-3-12-13(15)4-1-5-14(12)16(24)23-9-7-22(8-10-23)11-17(19,20)21/h1-6H,7-11H2. The predicted molar refractivity (Wildman–Crippen MR) is 90.0 cm³/mol. The molecule has 3 rings (SSSR count). The molecule has 0 unspecified atom stereocenters. The van der Waals surface area contributed by atoms with E-state index in [0.29, 0.717) is 18.7 Å². The lowest BCUT2D eigenvalue weighted by molar-refractivity contribution is -0.148. The van der Waals surface area contributed by atoms with E-state index in [9.17, 15) is 18.0 Å². The van der Waals surface area contributed by atoms with Crippen LogP contribution >= 0.6 is 15.9 Å². The molecule has 0 N–H and O–H groups in total. The van der Waals surface area contributed by atoms with Gasteiger partial charge in [0.25, 0.3) is 5.91 Å². The highest BCUT2D eigenvalue weighted by Gasteiger charge is 2.33. The second-order valence-electron chi connectivity index (χ2n) is 5.82. The van der Waals surface area contributed by atoms with Crippen LogP contribution in [-0.4, -0.2) is 54.6 Å². The van der Waals surface area contributed by atoms with Crippen LogP contribution in [0.2, 0.25) is 0 Å². The third-order valence-corrected chi connectivity index (χ3v) is 4.85. The summed E-state index contributed by atoms with van der Waals surface area (Å²) in [4.78, 5) is 15.8. The molecule has 1 saturated heterocycles. The Morgan fingerprint density at radius 1 is 1.00 bits per heavy atom. The lowest BCUT2D eigenvalue weighted by atomic mass is 10.0. The molecule has 1 aliphatic rings. The first-order valence-corrected chi connectivity index (χ1v) is 8.40. The first kappa shape index (κ1) is 17.2. The Labute approximate surface area is 146 Å². The van der Waals surface area contributed by atoms with Crippen LogP contribution < -0.4 is 0 Å². The van der Waals surface area contributed by atoms with E-state index in [2.05, 4.69) is 15.9 Å². The number of carbonyl (C=O) groups excluding carboxylic acids is 1. The van der Waals surface area contributed by atoms with Gasteiger partial charge in [-0.1, -0.05) is 40.2 Å². The molecule has 0 aliphatic carbocycles. The van der Waals surface area contributed by atoms with E-state index in [1.165, 1.54) is 4.90 Å². The number of amides is 1. The third-order valence-electron chi connectivity index (χ3n) is 4.16. The summed E-state index contributed by atoms with van der Waals surface area (Å²) in [7, 11) is 0. The van der Waals surface area contributed by atoms with Crippen molar-refractivity contribution in [2.24, 2.45) is 0 Å². The minimum absolute atomic E-state index is 0.134. The molecule has 1 fully saturated rings. The average Bonchev–Trinajstić information content (AvgIpc) is 2.53. The van der Waals surface area contributed by atoms with Gasteiger partial charge in [0.1, 0.15) is 0 Å². The number of piperazine rings is 1. The van der Waals surface area contributed by atoms with Crippen molar-refractivity contribution in [2.75, 3.05) is 32.7 Å². The lowest BCUT2D eigenvalue weighted by Gasteiger charge is -2.35. The van der Waals surface area contributed by atoms with Crippen molar-refractivity contribution in [3.8, 4) is 0 Å². The number of nitrogens with zero attached hydrogens (tertiary/aromatic N) is 2. The van der Waals surface area contributed by atoms with Gasteiger partial charge in [-0.05, 0) is 22.9 Å². The summed E-state index contributed by atoms with van der Waals surface area (Å²) in [6.45, 7) is 0.161. The van der Waals surface area contributed by atoms with E-state index in [-0.39, 0.29) is 19.0 Å². The van der Waals surface area contributed by atoms with Crippen molar-refractivity contribution in [1.29, 1.82) is 0 Å². The van der Waals surface area contributed by atoms with Crippen LogP contribution in [0.15, 0.2) is 40.9 Å². The van der Waals surface area contributed by atoms with Crippen LogP contribution in [0.1, 0.15) is 10.4 Å². The van der Waals surface area contributed by atoms with Gasteiger partial charge in [0.15, 0.2) is 0 Å². The number of hydrogen-bond acceptors (Lipinski definition) is 2. The van der Waals surface area contributed by atoms with Gasteiger partial charge in [-0.15, -0.1) is 0 Å². The monoisotopic (exact) mass is 400 g/mol. The molecule has 1 heterocycles. The van der Waals surface area contributed by atoms with Crippen LogP contribution in [0.5, 0.6) is 0 Å². The molecule has 1 amide bonds. The van der Waals surface area contributed by atoms with Crippen molar-refractivity contribution in [3.05, 3.63) is 46.4 Å². The third kappa shape index (κ3) is 3.72. The van der Waals surface area contributed by atoms with Gasteiger partial charge in [0.05, 0.1) is 6.54 Å². The Kier molecular flexibility index (Phi) is 4.83. The summed E-state index contributed by atoms with van der Waals surface area (Å²) < 4.78 is 38.2. The molecule has 0 radical (unpaired) electrons. The van der Waals surface area contributed by atoms with Crippen molar-refractivity contribution < 1.29 is 18.0 Å². The summed E-state index contributed by atoms with van der Waals surface area (Å²) in [6.07, 6.45) is -4.20. The zero-order valence-electron chi connectivity index (χ0n) is 12.8. The number of carbonyl (C=O) groups is 1. The van der Waals surface area contributed by atoms with Crippen LogP contribution in [-0.2, 0) is 0 Å². The average molecular weight is 401 g/mol. The number of rotatable bonds is 2. The summed E-state index contributed by atoms with van der Waals surface area (Å²) in [6, 6.07) is 11.2. The minimum Gasteiger partial charge on any atom is -0.336 e. The maximum Gasteiger partial charge on any atom is 0.401 e. The van der Waals surface area contributed by atoms with Gasteiger partial charge in [0, 0.05) is 36.2 Å². The molecule has 0 bridgehead atoms. The lowest BCUT2D eigenvalue weighted by Crippen LogP contribution is -2.50. The molecule has 0 saturated carbocycles. The van der Waals surface area contributed by atoms with Crippen LogP contribution in [0.3, 0.4) is 0 Å². The number of benzene rings is 2. The van der Waals surface area contributed by atoms with Gasteiger partial charge < -0.3 is 4.90 Å². The van der Waals surface area contributed by atoms with Crippen molar-refractivity contribution >= 4 is 32.6 Å². The van der Waals surface area contributed by atoms with Gasteiger partial charge in [-0.3, -0.25) is 9.69 Å². The van der Waals surface area contributed by atoms with E-state index in [1.807, 2.05) is 30.3 Å². The molecule has 0 atom stereocenters. The number of alkyl halides is 3. The van der Waals surface area contributed by atoms with Crippen molar-refractivity contribution in [1.82, 2.24) is 9.80 Å². The minimum atomic E-state index is -4.20. The maximum atomic E-state index is 12.8. The molecule has 0 aromatic heterocycles. The highest BCUT2D eigenvalue weighted by molar-refractivity contribution is 9.10. The quantitative estimate of drug-likeness (QED) is 0.762. The fourth-order valence-corrected chi connectivity index (χ4v) is 3.49. The van der Waals surface area contributed by atoms with E-state index in [0.717, 1.165) is 15.2 Å². The molecule has 2 aromatic rings. The summed E-state index contributed by atoms with van der Waals surface area (Å²) in [5.74, 6) is -0.134. The summed E-state index contributed by atoms with van der Waals surface area (Å²) >= 11 is 3.47. The van der Waals surface area contributed by atoms with Crippen molar-refractivity contribution in [2.45, 2.75) is 6.18 Å². The largest absolute Gasteiger partial charge is 0.401 e. The zero-order chi connectivity index (χ0) is 17.3. The first-order valence-electron chi connectivity index (χ1n) is 7.61. The molecule has 2 aromatic carbocycles. The van der Waals surface area contributed by atoms with Gasteiger partial charge in [0.2, 0.25) is 0 Å². The zero-order valence-corrected chi connectivity index (χ0v) is 14.4. The van der Waals surface area contributed by atoms with Gasteiger partial charge in [-0.25, -0.2) is 0 Å². The molecular formula is C17H16BrF3N2O. The maximum absolute atomic E-state index is 12.8. The molecule has 3 nitrogen and oxygen atoms in total. The highest BCUT2D eigenvalue weighted by atomic mass is 79.9. The SMILES string of the molecule is O=C(c1cccc2c(Br)cccc12)N1CCN(CC(F)(F)F)CC1. The Bertz CT molecular complexity index is 755. The second kappa shape index (κ2) is 6.72. The fourth-order valence-electron chi connectivity index (χ4n) is 2.99. The number of fused-ring (bicyclic) bond motifs is 1. The summed E-state index contributed by atoms with van der Waals surface area (Å²) in [5, 5.41) is 1.79. The predicted octanol–water partition coefficient (Wildman–Crippen LogP) is 3.92. The molecule has 0 spiro atoms. The van der Waals surface area contributed by atoms with Crippen LogP contribution in [0.25, 0.3) is 10.8 Å². The van der Waals surface area contributed by atoms with E-state index in [1.54, 1.807) is 11.0 Å². The topological polar surface area (TPSA) is 23.6 Å². The Morgan fingerprint density at radius 2 is 1.62 bits per heavy atom.